The number of phenols is 1. The quantitative estimate of drug-likeness (QED) is 0.801. The third kappa shape index (κ3) is 1.61. The van der Waals surface area contributed by atoms with Gasteiger partial charge in [0, 0.05) is 11.1 Å². The first-order valence-electron chi connectivity index (χ1n) is 4.72. The van der Waals surface area contributed by atoms with Gasteiger partial charge in [-0.2, -0.15) is 0 Å². The lowest BCUT2D eigenvalue weighted by Gasteiger charge is -2.09. The van der Waals surface area contributed by atoms with Crippen molar-refractivity contribution < 1.29 is 9.63 Å². The molecule has 1 aromatic carbocycles. The van der Waals surface area contributed by atoms with Crippen LogP contribution in [0.4, 0.5) is 5.88 Å². The number of phenolic OH excluding ortho intramolecular Hbond substituents is 1. The molecule has 4 nitrogen and oxygen atoms in total. The molecule has 0 aliphatic carbocycles. The smallest absolute Gasteiger partial charge is 0.222 e. The van der Waals surface area contributed by atoms with E-state index in [-0.39, 0.29) is 11.6 Å². The second-order valence-electron chi connectivity index (χ2n) is 3.64. The number of rotatable bonds is 1. The van der Waals surface area contributed by atoms with Gasteiger partial charge in [0.1, 0.15) is 11.4 Å². The summed E-state index contributed by atoms with van der Waals surface area (Å²) in [5.74, 6) is 0.349. The lowest BCUT2D eigenvalue weighted by atomic mass is 10.0. The molecule has 0 fully saturated rings. The predicted molar refractivity (Wildman–Crippen MR) is 62.5 cm³/mol. The van der Waals surface area contributed by atoms with Gasteiger partial charge in [0.25, 0.3) is 0 Å². The van der Waals surface area contributed by atoms with Crippen molar-refractivity contribution in [3.63, 3.8) is 0 Å². The van der Waals surface area contributed by atoms with E-state index in [1.165, 1.54) is 0 Å². The van der Waals surface area contributed by atoms with Crippen molar-refractivity contribution in [2.75, 3.05) is 5.73 Å². The molecule has 3 N–H and O–H groups in total. The van der Waals surface area contributed by atoms with E-state index in [9.17, 15) is 5.11 Å². The first-order valence-corrected chi connectivity index (χ1v) is 5.09. The van der Waals surface area contributed by atoms with Crippen molar-refractivity contribution in [2.24, 2.45) is 0 Å². The average molecular weight is 239 g/mol. The largest absolute Gasteiger partial charge is 0.507 e. The van der Waals surface area contributed by atoms with Gasteiger partial charge in [-0.25, -0.2) is 0 Å². The number of aromatic hydroxyl groups is 1. The Morgan fingerprint density at radius 2 is 2.06 bits per heavy atom. The number of halogens is 1. The van der Waals surface area contributed by atoms with Crippen LogP contribution in [0.15, 0.2) is 16.7 Å². The van der Waals surface area contributed by atoms with Gasteiger partial charge in [-0.15, -0.1) is 0 Å². The van der Waals surface area contributed by atoms with E-state index < -0.39 is 0 Å². The first kappa shape index (κ1) is 10.8. The molecule has 0 unspecified atom stereocenters. The highest BCUT2D eigenvalue weighted by atomic mass is 35.5. The summed E-state index contributed by atoms with van der Waals surface area (Å²) in [5, 5.41) is 14.3. The minimum atomic E-state index is 0.148. The Kier molecular flexibility index (Phi) is 2.52. The first-order chi connectivity index (χ1) is 7.50. The van der Waals surface area contributed by atoms with Crippen molar-refractivity contribution in [3.05, 3.63) is 28.3 Å². The molecule has 2 rings (SSSR count). The molecule has 0 spiro atoms. The van der Waals surface area contributed by atoms with Crippen LogP contribution in [0, 0.1) is 13.8 Å². The summed E-state index contributed by atoms with van der Waals surface area (Å²) in [4.78, 5) is 0. The monoisotopic (exact) mass is 238 g/mol. The van der Waals surface area contributed by atoms with Crippen molar-refractivity contribution in [2.45, 2.75) is 13.8 Å². The fourth-order valence-corrected chi connectivity index (χ4v) is 1.84. The molecule has 0 saturated heterocycles. The zero-order chi connectivity index (χ0) is 11.9. The highest BCUT2D eigenvalue weighted by Gasteiger charge is 2.16. The van der Waals surface area contributed by atoms with Gasteiger partial charge in [-0.1, -0.05) is 16.8 Å². The fraction of sp³-hybridized carbons (Fsp3) is 0.182. The molecule has 1 heterocycles. The van der Waals surface area contributed by atoms with Gasteiger partial charge in [0.2, 0.25) is 5.88 Å². The number of hydrogen-bond acceptors (Lipinski definition) is 4. The zero-order valence-corrected chi connectivity index (χ0v) is 9.67. The van der Waals surface area contributed by atoms with Crippen LogP contribution in [0.2, 0.25) is 5.02 Å². The van der Waals surface area contributed by atoms with Crippen molar-refractivity contribution in [1.29, 1.82) is 0 Å². The van der Waals surface area contributed by atoms with Gasteiger partial charge in [-0.3, -0.25) is 0 Å². The maximum absolute atomic E-state index is 9.98. The van der Waals surface area contributed by atoms with Gasteiger partial charge in [0.15, 0.2) is 0 Å². The molecule has 0 atom stereocenters. The second kappa shape index (κ2) is 3.72. The summed E-state index contributed by atoms with van der Waals surface area (Å²) in [6.45, 7) is 3.58. The summed E-state index contributed by atoms with van der Waals surface area (Å²) in [6.07, 6.45) is 0. The second-order valence-corrected chi connectivity index (χ2v) is 4.05. The number of benzene rings is 1. The standard InChI is InChI=1S/C11H11ClN2O2/c1-5-3-7(12)6(2)10(11(5)15)8-4-9(13)16-14-8/h3-4,15H,13H2,1-2H3. The highest BCUT2D eigenvalue weighted by Crippen LogP contribution is 2.38. The number of nitrogens with zero attached hydrogens (tertiary/aromatic N) is 1. The molecular weight excluding hydrogens is 228 g/mol. The van der Waals surface area contributed by atoms with E-state index in [2.05, 4.69) is 5.16 Å². The van der Waals surface area contributed by atoms with Crippen molar-refractivity contribution in [3.8, 4) is 17.0 Å². The van der Waals surface area contributed by atoms with E-state index in [0.29, 0.717) is 21.8 Å². The maximum Gasteiger partial charge on any atom is 0.222 e. The molecule has 84 valence electrons. The summed E-state index contributed by atoms with van der Waals surface area (Å²) < 4.78 is 4.78. The molecule has 0 radical (unpaired) electrons. The van der Waals surface area contributed by atoms with Gasteiger partial charge >= 0.3 is 0 Å². The molecular formula is C11H11ClN2O2. The normalized spacial score (nSPS) is 10.7. The Hall–Kier alpha value is -1.68. The van der Waals surface area contributed by atoms with Gasteiger partial charge in [0.05, 0.1) is 5.56 Å². The SMILES string of the molecule is Cc1cc(Cl)c(C)c(-c2cc(N)on2)c1O. The van der Waals surface area contributed by atoms with Crippen LogP contribution in [0.25, 0.3) is 11.3 Å². The van der Waals surface area contributed by atoms with E-state index in [0.717, 1.165) is 5.56 Å². The molecule has 0 bridgehead atoms. The van der Waals surface area contributed by atoms with E-state index >= 15 is 0 Å². The molecule has 0 aliphatic rings. The zero-order valence-electron chi connectivity index (χ0n) is 8.91. The molecule has 16 heavy (non-hydrogen) atoms. The number of aryl methyl sites for hydroxylation is 1. The van der Waals surface area contributed by atoms with Crippen LogP contribution in [0.5, 0.6) is 5.75 Å². The van der Waals surface area contributed by atoms with Crippen LogP contribution in [-0.4, -0.2) is 10.3 Å². The summed E-state index contributed by atoms with van der Waals surface area (Å²) in [5.41, 5.74) is 7.93. The van der Waals surface area contributed by atoms with Crippen LogP contribution >= 0.6 is 11.6 Å². The van der Waals surface area contributed by atoms with E-state index in [1.807, 2.05) is 6.92 Å². The number of anilines is 1. The van der Waals surface area contributed by atoms with Crippen LogP contribution in [-0.2, 0) is 0 Å². The summed E-state index contributed by atoms with van der Waals surface area (Å²) in [6, 6.07) is 3.26. The Bertz CT molecular complexity index is 523. The third-order valence-corrected chi connectivity index (χ3v) is 2.86. The molecule has 2 aromatic rings. The van der Waals surface area contributed by atoms with E-state index in [4.69, 9.17) is 21.9 Å². The number of nitrogen functional groups attached to an aromatic ring is 1. The summed E-state index contributed by atoms with van der Waals surface area (Å²) >= 11 is 6.05. The minimum Gasteiger partial charge on any atom is -0.507 e. The van der Waals surface area contributed by atoms with Gasteiger partial charge in [-0.05, 0) is 31.0 Å². The third-order valence-electron chi connectivity index (χ3n) is 2.47. The topological polar surface area (TPSA) is 72.3 Å². The number of nitrogens with two attached hydrogens (primary N) is 1. The maximum atomic E-state index is 9.98. The lowest BCUT2D eigenvalue weighted by Crippen LogP contribution is -1.89. The average Bonchev–Trinajstić information content (AvgIpc) is 2.62. The Balaban J connectivity index is 2.73. The predicted octanol–water partition coefficient (Wildman–Crippen LogP) is 2.90. The minimum absolute atomic E-state index is 0.148. The molecule has 5 heteroatoms. The van der Waals surface area contributed by atoms with E-state index in [1.54, 1.807) is 19.1 Å². The van der Waals surface area contributed by atoms with Crippen molar-refractivity contribution >= 4 is 17.5 Å². The summed E-state index contributed by atoms with van der Waals surface area (Å²) in [7, 11) is 0. The van der Waals surface area contributed by atoms with Crippen LogP contribution in [0.3, 0.4) is 0 Å². The van der Waals surface area contributed by atoms with Crippen LogP contribution in [0.1, 0.15) is 11.1 Å². The molecule has 0 aliphatic heterocycles. The Morgan fingerprint density at radius 3 is 2.62 bits per heavy atom. The molecule has 0 amide bonds. The Labute approximate surface area is 97.6 Å². The fourth-order valence-electron chi connectivity index (χ4n) is 1.58. The van der Waals surface area contributed by atoms with Crippen molar-refractivity contribution in [1.82, 2.24) is 5.16 Å². The lowest BCUT2D eigenvalue weighted by molar-refractivity contribution is 0.437. The Morgan fingerprint density at radius 1 is 1.38 bits per heavy atom. The molecule has 0 saturated carbocycles. The number of aromatic nitrogens is 1. The van der Waals surface area contributed by atoms with Gasteiger partial charge < -0.3 is 15.4 Å². The number of hydrogen-bond donors (Lipinski definition) is 2. The van der Waals surface area contributed by atoms with Crippen LogP contribution < -0.4 is 5.73 Å². The molecule has 1 aromatic heterocycles. The highest BCUT2D eigenvalue weighted by molar-refractivity contribution is 6.32.